The minimum Gasteiger partial charge on any atom is -0.357 e. The molecular weight excluding hydrogens is 172 g/mol. The Morgan fingerprint density at radius 1 is 1.29 bits per heavy atom. The SMILES string of the molecule is CC(C)CN1CC(C)(C)N=C1C(C)C. The van der Waals surface area contributed by atoms with Gasteiger partial charge in [-0.15, -0.1) is 0 Å². The molecule has 0 aromatic heterocycles. The van der Waals surface area contributed by atoms with E-state index in [-0.39, 0.29) is 5.54 Å². The topological polar surface area (TPSA) is 15.6 Å². The van der Waals surface area contributed by atoms with E-state index in [0.29, 0.717) is 11.8 Å². The Kier molecular flexibility index (Phi) is 3.23. The quantitative estimate of drug-likeness (QED) is 0.677. The number of aliphatic imine (C=N–C) groups is 1. The van der Waals surface area contributed by atoms with Gasteiger partial charge in [0, 0.05) is 19.0 Å². The molecule has 0 N–H and O–H groups in total. The van der Waals surface area contributed by atoms with Crippen molar-refractivity contribution in [2.45, 2.75) is 47.1 Å². The van der Waals surface area contributed by atoms with Gasteiger partial charge in [-0.2, -0.15) is 0 Å². The molecule has 2 heteroatoms. The fourth-order valence-corrected chi connectivity index (χ4v) is 2.06. The number of hydrogen-bond donors (Lipinski definition) is 0. The van der Waals surface area contributed by atoms with E-state index >= 15 is 0 Å². The molecule has 82 valence electrons. The van der Waals surface area contributed by atoms with E-state index in [4.69, 9.17) is 4.99 Å². The molecule has 1 heterocycles. The van der Waals surface area contributed by atoms with Gasteiger partial charge in [0.2, 0.25) is 0 Å². The number of hydrogen-bond acceptors (Lipinski definition) is 2. The summed E-state index contributed by atoms with van der Waals surface area (Å²) in [6.07, 6.45) is 0. The van der Waals surface area contributed by atoms with E-state index in [1.807, 2.05) is 0 Å². The van der Waals surface area contributed by atoms with Gasteiger partial charge in [0.05, 0.1) is 5.54 Å². The van der Waals surface area contributed by atoms with Gasteiger partial charge < -0.3 is 4.90 Å². The maximum Gasteiger partial charge on any atom is 0.102 e. The van der Waals surface area contributed by atoms with Crippen molar-refractivity contribution in [3.63, 3.8) is 0 Å². The zero-order chi connectivity index (χ0) is 10.9. The van der Waals surface area contributed by atoms with E-state index in [1.165, 1.54) is 5.84 Å². The number of nitrogens with zero attached hydrogens (tertiary/aromatic N) is 2. The lowest BCUT2D eigenvalue weighted by atomic mass is 10.1. The second-order valence-electron chi connectivity index (χ2n) is 5.71. The van der Waals surface area contributed by atoms with Gasteiger partial charge in [0.1, 0.15) is 5.84 Å². The van der Waals surface area contributed by atoms with Crippen molar-refractivity contribution in [2.24, 2.45) is 16.8 Å². The summed E-state index contributed by atoms with van der Waals surface area (Å²) in [4.78, 5) is 7.25. The Morgan fingerprint density at radius 3 is 2.29 bits per heavy atom. The Morgan fingerprint density at radius 2 is 1.86 bits per heavy atom. The molecule has 0 atom stereocenters. The van der Waals surface area contributed by atoms with E-state index in [9.17, 15) is 0 Å². The summed E-state index contributed by atoms with van der Waals surface area (Å²) in [6, 6.07) is 0. The smallest absolute Gasteiger partial charge is 0.102 e. The first-order valence-corrected chi connectivity index (χ1v) is 5.66. The van der Waals surface area contributed by atoms with Crippen LogP contribution in [0.15, 0.2) is 4.99 Å². The fraction of sp³-hybridized carbons (Fsp3) is 0.917. The van der Waals surface area contributed by atoms with Crippen LogP contribution in [-0.2, 0) is 0 Å². The highest BCUT2D eigenvalue weighted by Crippen LogP contribution is 2.24. The molecule has 0 amide bonds. The molecule has 0 aliphatic carbocycles. The average Bonchev–Trinajstić information content (AvgIpc) is 2.24. The average molecular weight is 196 g/mol. The first kappa shape index (κ1) is 11.5. The lowest BCUT2D eigenvalue weighted by molar-refractivity contribution is 0.332. The Balaban J connectivity index is 2.74. The molecule has 0 spiro atoms. The molecule has 1 rings (SSSR count). The van der Waals surface area contributed by atoms with Gasteiger partial charge >= 0.3 is 0 Å². The van der Waals surface area contributed by atoms with Gasteiger partial charge in [0.25, 0.3) is 0 Å². The van der Waals surface area contributed by atoms with Crippen LogP contribution in [0.4, 0.5) is 0 Å². The van der Waals surface area contributed by atoms with Crippen LogP contribution < -0.4 is 0 Å². The molecular formula is C12H24N2. The summed E-state index contributed by atoms with van der Waals surface area (Å²) in [6.45, 7) is 15.7. The third kappa shape index (κ3) is 2.73. The molecule has 0 bridgehead atoms. The van der Waals surface area contributed by atoms with Gasteiger partial charge in [-0.1, -0.05) is 27.7 Å². The molecule has 2 nitrogen and oxygen atoms in total. The van der Waals surface area contributed by atoms with Crippen molar-refractivity contribution in [2.75, 3.05) is 13.1 Å². The summed E-state index contributed by atoms with van der Waals surface area (Å²) in [5.41, 5.74) is 0.120. The molecule has 0 aromatic carbocycles. The van der Waals surface area contributed by atoms with E-state index < -0.39 is 0 Å². The Bertz CT molecular complexity index is 226. The predicted octanol–water partition coefficient (Wildman–Crippen LogP) is 2.79. The molecule has 0 saturated heterocycles. The van der Waals surface area contributed by atoms with Crippen LogP contribution >= 0.6 is 0 Å². The highest BCUT2D eigenvalue weighted by atomic mass is 15.3. The third-order valence-corrected chi connectivity index (χ3v) is 2.42. The van der Waals surface area contributed by atoms with Crippen LogP contribution in [0.3, 0.4) is 0 Å². The van der Waals surface area contributed by atoms with Gasteiger partial charge in [0.15, 0.2) is 0 Å². The lowest BCUT2D eigenvalue weighted by Crippen LogP contribution is -2.36. The van der Waals surface area contributed by atoms with Crippen molar-refractivity contribution in [3.8, 4) is 0 Å². The summed E-state index contributed by atoms with van der Waals surface area (Å²) in [5.74, 6) is 2.56. The molecule has 0 unspecified atom stereocenters. The van der Waals surface area contributed by atoms with Gasteiger partial charge in [-0.3, -0.25) is 4.99 Å². The summed E-state index contributed by atoms with van der Waals surface area (Å²) in [5, 5.41) is 0. The summed E-state index contributed by atoms with van der Waals surface area (Å²) < 4.78 is 0. The summed E-state index contributed by atoms with van der Waals surface area (Å²) >= 11 is 0. The monoisotopic (exact) mass is 196 g/mol. The maximum atomic E-state index is 4.80. The molecule has 0 saturated carbocycles. The molecule has 1 aliphatic heterocycles. The van der Waals surface area contributed by atoms with E-state index in [2.05, 4.69) is 46.4 Å². The van der Waals surface area contributed by atoms with Crippen molar-refractivity contribution >= 4 is 5.84 Å². The van der Waals surface area contributed by atoms with Crippen LogP contribution in [0.5, 0.6) is 0 Å². The number of amidine groups is 1. The fourth-order valence-electron chi connectivity index (χ4n) is 2.06. The van der Waals surface area contributed by atoms with E-state index in [0.717, 1.165) is 13.1 Å². The first-order chi connectivity index (χ1) is 6.32. The van der Waals surface area contributed by atoms with Crippen LogP contribution in [0.25, 0.3) is 0 Å². The maximum absolute atomic E-state index is 4.80. The highest BCUT2D eigenvalue weighted by molar-refractivity contribution is 5.86. The number of rotatable bonds is 3. The molecule has 0 aromatic rings. The lowest BCUT2D eigenvalue weighted by Gasteiger charge is -2.26. The standard InChI is InChI=1S/C12H24N2/c1-9(2)7-14-8-12(5,6)13-11(14)10(3)4/h9-10H,7-8H2,1-6H3. The van der Waals surface area contributed by atoms with Crippen molar-refractivity contribution < 1.29 is 0 Å². The zero-order valence-electron chi connectivity index (χ0n) is 10.5. The van der Waals surface area contributed by atoms with Crippen LogP contribution in [0, 0.1) is 11.8 Å². The van der Waals surface area contributed by atoms with Gasteiger partial charge in [-0.05, 0) is 19.8 Å². The molecule has 14 heavy (non-hydrogen) atoms. The predicted molar refractivity (Wildman–Crippen MR) is 62.8 cm³/mol. The Hall–Kier alpha value is -0.530. The second kappa shape index (κ2) is 3.92. The minimum absolute atomic E-state index is 0.120. The van der Waals surface area contributed by atoms with Crippen LogP contribution in [0.2, 0.25) is 0 Å². The Labute approximate surface area is 88.4 Å². The highest BCUT2D eigenvalue weighted by Gasteiger charge is 2.32. The normalized spacial score (nSPS) is 20.9. The molecule has 1 aliphatic rings. The second-order valence-corrected chi connectivity index (χ2v) is 5.71. The van der Waals surface area contributed by atoms with Crippen LogP contribution in [0.1, 0.15) is 41.5 Å². The van der Waals surface area contributed by atoms with Crippen LogP contribution in [-0.4, -0.2) is 29.4 Å². The van der Waals surface area contributed by atoms with Crippen molar-refractivity contribution in [3.05, 3.63) is 0 Å². The van der Waals surface area contributed by atoms with Crippen molar-refractivity contribution in [1.82, 2.24) is 4.90 Å². The molecule has 0 radical (unpaired) electrons. The third-order valence-electron chi connectivity index (χ3n) is 2.42. The first-order valence-electron chi connectivity index (χ1n) is 5.66. The van der Waals surface area contributed by atoms with Crippen molar-refractivity contribution in [1.29, 1.82) is 0 Å². The minimum atomic E-state index is 0.120. The summed E-state index contributed by atoms with van der Waals surface area (Å²) in [7, 11) is 0. The van der Waals surface area contributed by atoms with Gasteiger partial charge in [-0.25, -0.2) is 0 Å². The molecule has 0 fully saturated rings. The van der Waals surface area contributed by atoms with E-state index in [1.54, 1.807) is 0 Å². The largest absolute Gasteiger partial charge is 0.357 e. The zero-order valence-corrected chi connectivity index (χ0v) is 10.5.